The molecule has 0 saturated carbocycles. The number of ether oxygens (including phenoxy) is 1. The Labute approximate surface area is 187 Å². The fourth-order valence-electron chi connectivity index (χ4n) is 2.75. The maximum Gasteiger partial charge on any atom is 0.240 e. The van der Waals surface area contributed by atoms with Crippen LogP contribution in [0.1, 0.15) is 16.8 Å². The highest BCUT2D eigenvalue weighted by Gasteiger charge is 2.09. The smallest absolute Gasteiger partial charge is 0.240 e. The summed E-state index contributed by atoms with van der Waals surface area (Å²) in [6.45, 7) is 0.392. The lowest BCUT2D eigenvalue weighted by molar-refractivity contribution is 0.293. The van der Waals surface area contributed by atoms with Crippen LogP contribution in [0.15, 0.2) is 71.2 Å². The van der Waals surface area contributed by atoms with E-state index in [0.29, 0.717) is 28.2 Å². The summed E-state index contributed by atoms with van der Waals surface area (Å²) in [5, 5.41) is 1.16. The van der Waals surface area contributed by atoms with E-state index in [1.54, 1.807) is 12.1 Å². The van der Waals surface area contributed by atoms with Gasteiger partial charge < -0.3 is 4.74 Å². The minimum atomic E-state index is 0.392. The third-order valence-corrected chi connectivity index (χ3v) is 5.33. The molecule has 0 N–H and O–H groups in total. The SMILES string of the molecule is Clc1ccc(C=Cc2nc3ccccc3nc2OCc2ccc(Br)cc2)c(Cl)c1. The van der Waals surface area contributed by atoms with E-state index in [-0.39, 0.29) is 0 Å². The highest BCUT2D eigenvalue weighted by atomic mass is 79.9. The van der Waals surface area contributed by atoms with E-state index in [9.17, 15) is 0 Å². The fourth-order valence-corrected chi connectivity index (χ4v) is 3.49. The van der Waals surface area contributed by atoms with Gasteiger partial charge in [-0.1, -0.05) is 75.5 Å². The van der Waals surface area contributed by atoms with Gasteiger partial charge in [0.15, 0.2) is 0 Å². The van der Waals surface area contributed by atoms with Crippen molar-refractivity contribution in [3.05, 3.63) is 98.1 Å². The summed E-state index contributed by atoms with van der Waals surface area (Å²) in [7, 11) is 0. The van der Waals surface area contributed by atoms with Gasteiger partial charge in [-0.15, -0.1) is 0 Å². The van der Waals surface area contributed by atoms with Crippen molar-refractivity contribution in [3.63, 3.8) is 0 Å². The summed E-state index contributed by atoms with van der Waals surface area (Å²) >= 11 is 15.7. The zero-order valence-electron chi connectivity index (χ0n) is 15.1. The topological polar surface area (TPSA) is 35.0 Å². The second-order valence-electron chi connectivity index (χ2n) is 6.32. The van der Waals surface area contributed by atoms with Crippen LogP contribution < -0.4 is 4.74 Å². The average Bonchev–Trinajstić information content (AvgIpc) is 2.72. The molecule has 3 nitrogen and oxygen atoms in total. The molecule has 4 rings (SSSR count). The number of halogens is 3. The Balaban J connectivity index is 1.67. The molecule has 1 aromatic heterocycles. The first-order valence-electron chi connectivity index (χ1n) is 8.86. The van der Waals surface area contributed by atoms with Gasteiger partial charge in [0, 0.05) is 14.5 Å². The minimum Gasteiger partial charge on any atom is -0.471 e. The zero-order valence-corrected chi connectivity index (χ0v) is 18.2. The molecule has 0 spiro atoms. The van der Waals surface area contributed by atoms with Crippen molar-refractivity contribution in [2.45, 2.75) is 6.61 Å². The Morgan fingerprint density at radius 2 is 1.59 bits per heavy atom. The maximum atomic E-state index is 6.28. The van der Waals surface area contributed by atoms with Crippen LogP contribution in [0.2, 0.25) is 10.0 Å². The van der Waals surface area contributed by atoms with Crippen molar-refractivity contribution >= 4 is 62.3 Å². The molecule has 3 aromatic carbocycles. The molecule has 4 aromatic rings. The molecule has 0 radical (unpaired) electrons. The largest absolute Gasteiger partial charge is 0.471 e. The molecule has 0 saturated heterocycles. The second-order valence-corrected chi connectivity index (χ2v) is 8.08. The predicted molar refractivity (Wildman–Crippen MR) is 123 cm³/mol. The first-order valence-corrected chi connectivity index (χ1v) is 10.4. The Morgan fingerprint density at radius 3 is 2.31 bits per heavy atom. The Kier molecular flexibility index (Phi) is 6.14. The summed E-state index contributed by atoms with van der Waals surface area (Å²) in [4.78, 5) is 9.37. The van der Waals surface area contributed by atoms with Crippen LogP contribution >= 0.6 is 39.1 Å². The first kappa shape index (κ1) is 19.9. The molecule has 29 heavy (non-hydrogen) atoms. The summed E-state index contributed by atoms with van der Waals surface area (Å²) in [6.07, 6.45) is 3.73. The van der Waals surface area contributed by atoms with Gasteiger partial charge in [0.25, 0.3) is 0 Å². The Bertz CT molecular complexity index is 1190. The Hall–Kier alpha value is -2.40. The highest BCUT2D eigenvalue weighted by Crippen LogP contribution is 2.26. The number of para-hydroxylation sites is 2. The van der Waals surface area contributed by atoms with Gasteiger partial charge >= 0.3 is 0 Å². The van der Waals surface area contributed by atoms with Crippen molar-refractivity contribution in [2.75, 3.05) is 0 Å². The number of aromatic nitrogens is 2. The number of fused-ring (bicyclic) bond motifs is 1. The molecule has 6 heteroatoms. The van der Waals surface area contributed by atoms with Gasteiger partial charge in [-0.3, -0.25) is 0 Å². The van der Waals surface area contributed by atoms with Crippen molar-refractivity contribution in [1.29, 1.82) is 0 Å². The third-order valence-electron chi connectivity index (χ3n) is 4.24. The second kappa shape index (κ2) is 8.95. The van der Waals surface area contributed by atoms with E-state index < -0.39 is 0 Å². The summed E-state index contributed by atoms with van der Waals surface area (Å²) < 4.78 is 7.04. The molecule has 144 valence electrons. The number of rotatable bonds is 5. The molecule has 0 bridgehead atoms. The van der Waals surface area contributed by atoms with Gasteiger partial charge in [0.1, 0.15) is 12.3 Å². The molecule has 1 heterocycles. The van der Waals surface area contributed by atoms with Crippen molar-refractivity contribution in [1.82, 2.24) is 9.97 Å². The molecular formula is C23H15BrCl2N2O. The van der Waals surface area contributed by atoms with Crippen molar-refractivity contribution in [2.24, 2.45) is 0 Å². The number of hydrogen-bond acceptors (Lipinski definition) is 3. The summed E-state index contributed by atoms with van der Waals surface area (Å²) in [5.41, 5.74) is 4.08. The third kappa shape index (κ3) is 4.96. The average molecular weight is 486 g/mol. The van der Waals surface area contributed by atoms with Crippen LogP contribution in [-0.2, 0) is 6.61 Å². The monoisotopic (exact) mass is 484 g/mol. The van der Waals surface area contributed by atoms with E-state index in [0.717, 1.165) is 26.6 Å². The molecule has 0 aliphatic rings. The van der Waals surface area contributed by atoms with E-state index >= 15 is 0 Å². The van der Waals surface area contributed by atoms with Crippen LogP contribution in [0.3, 0.4) is 0 Å². The van der Waals surface area contributed by atoms with Crippen LogP contribution in [0.25, 0.3) is 23.2 Å². The fraction of sp³-hybridized carbons (Fsp3) is 0.0435. The maximum absolute atomic E-state index is 6.28. The molecule has 0 atom stereocenters. The van der Waals surface area contributed by atoms with Gasteiger partial charge in [-0.25, -0.2) is 9.97 Å². The first-order chi connectivity index (χ1) is 14.1. The van der Waals surface area contributed by atoms with Gasteiger partial charge in [-0.05, 0) is 53.6 Å². The lowest BCUT2D eigenvalue weighted by Crippen LogP contribution is -2.01. The van der Waals surface area contributed by atoms with Crippen LogP contribution in [-0.4, -0.2) is 9.97 Å². The summed E-state index contributed by atoms with van der Waals surface area (Å²) in [6, 6.07) is 21.0. The molecule has 0 aliphatic heterocycles. The lowest BCUT2D eigenvalue weighted by atomic mass is 10.2. The molecule has 0 unspecified atom stereocenters. The highest BCUT2D eigenvalue weighted by molar-refractivity contribution is 9.10. The van der Waals surface area contributed by atoms with E-state index in [2.05, 4.69) is 20.9 Å². The molecule has 0 fully saturated rings. The lowest BCUT2D eigenvalue weighted by Gasteiger charge is -2.10. The van der Waals surface area contributed by atoms with E-state index in [1.165, 1.54) is 0 Å². The van der Waals surface area contributed by atoms with Crippen LogP contribution in [0.5, 0.6) is 5.88 Å². The van der Waals surface area contributed by atoms with Gasteiger partial charge in [-0.2, -0.15) is 0 Å². The van der Waals surface area contributed by atoms with Crippen LogP contribution in [0.4, 0.5) is 0 Å². The predicted octanol–water partition coefficient (Wildman–Crippen LogP) is 7.45. The summed E-state index contributed by atoms with van der Waals surface area (Å²) in [5.74, 6) is 0.466. The van der Waals surface area contributed by atoms with Crippen LogP contribution in [0, 0.1) is 0 Å². The van der Waals surface area contributed by atoms with Crippen molar-refractivity contribution < 1.29 is 4.74 Å². The van der Waals surface area contributed by atoms with E-state index in [4.69, 9.17) is 32.9 Å². The van der Waals surface area contributed by atoms with Gasteiger partial charge in [0.05, 0.1) is 11.0 Å². The molecule has 0 aliphatic carbocycles. The molecular weight excluding hydrogens is 471 g/mol. The Morgan fingerprint density at radius 1 is 0.862 bits per heavy atom. The number of hydrogen-bond donors (Lipinski definition) is 0. The van der Waals surface area contributed by atoms with Crippen molar-refractivity contribution in [3.8, 4) is 5.88 Å². The number of benzene rings is 3. The molecule has 0 amide bonds. The zero-order chi connectivity index (χ0) is 20.2. The number of nitrogens with zero attached hydrogens (tertiary/aromatic N) is 2. The minimum absolute atomic E-state index is 0.392. The quantitative estimate of drug-likeness (QED) is 0.294. The van der Waals surface area contributed by atoms with E-state index in [1.807, 2.05) is 66.7 Å². The standard InChI is InChI=1S/C23H15BrCl2N2O/c24-17-9-5-15(6-10-17)14-29-23-22(27-20-3-1-2-4-21(20)28-23)12-8-16-7-11-18(25)13-19(16)26/h1-13H,14H2. The van der Waals surface area contributed by atoms with Gasteiger partial charge in [0.2, 0.25) is 5.88 Å². The normalized spacial score (nSPS) is 11.3.